The van der Waals surface area contributed by atoms with Gasteiger partial charge in [0.2, 0.25) is 0 Å². The van der Waals surface area contributed by atoms with Crippen LogP contribution in [-0.2, 0) is 13.0 Å². The topological polar surface area (TPSA) is 55.6 Å². The van der Waals surface area contributed by atoms with Gasteiger partial charge in [0.05, 0.1) is 17.9 Å². The summed E-state index contributed by atoms with van der Waals surface area (Å²) in [6.07, 6.45) is 6.97. The molecule has 1 aliphatic carbocycles. The van der Waals surface area contributed by atoms with E-state index < -0.39 is 0 Å². The standard InChI is InChI=1S/C31H29N3O2/c35-31(33-28-19-21-10-4-6-12-25(21)32-28)22-14-15-23-26(18-22)34-16-17-36-27-13-7-5-11-24(27)30(34)29(23)20-8-2-1-3-9-20/h4-7,10-15,18,20H,1-3,8-9,16-17,19H2,(H,32,33,35). The number of fused-ring (bicyclic) bond motifs is 6. The predicted molar refractivity (Wildman–Crippen MR) is 143 cm³/mol. The molecule has 0 bridgehead atoms. The van der Waals surface area contributed by atoms with Gasteiger partial charge in [-0.3, -0.25) is 4.79 Å². The van der Waals surface area contributed by atoms with Crippen molar-refractivity contribution < 1.29 is 9.53 Å². The van der Waals surface area contributed by atoms with Gasteiger partial charge < -0.3 is 14.6 Å². The fraction of sp³-hybridized carbons (Fsp3) is 0.290. The average Bonchev–Trinajstić information content (AvgIpc) is 3.41. The van der Waals surface area contributed by atoms with Crippen LogP contribution in [0.2, 0.25) is 0 Å². The second-order valence-electron chi connectivity index (χ2n) is 10.1. The molecule has 1 N–H and O–H groups in total. The monoisotopic (exact) mass is 475 g/mol. The van der Waals surface area contributed by atoms with E-state index in [1.54, 1.807) is 0 Å². The van der Waals surface area contributed by atoms with Gasteiger partial charge in [0.25, 0.3) is 5.91 Å². The number of amidine groups is 1. The third kappa shape index (κ3) is 3.53. The number of carbonyl (C=O) groups excluding carboxylic acids is 1. The van der Waals surface area contributed by atoms with Crippen molar-refractivity contribution in [1.82, 2.24) is 9.88 Å². The van der Waals surface area contributed by atoms with E-state index in [-0.39, 0.29) is 5.91 Å². The molecule has 7 rings (SSSR count). The number of rotatable bonds is 2. The van der Waals surface area contributed by atoms with Crippen molar-refractivity contribution in [2.45, 2.75) is 51.0 Å². The van der Waals surface area contributed by atoms with Gasteiger partial charge in [-0.1, -0.05) is 55.7 Å². The molecule has 1 amide bonds. The number of ether oxygens (including phenoxy) is 1. The maximum atomic E-state index is 13.3. The van der Waals surface area contributed by atoms with E-state index in [4.69, 9.17) is 4.74 Å². The first-order valence-corrected chi connectivity index (χ1v) is 13.1. The molecular weight excluding hydrogens is 446 g/mol. The quantitative estimate of drug-likeness (QED) is 0.348. The van der Waals surface area contributed by atoms with Crippen molar-refractivity contribution in [2.75, 3.05) is 6.61 Å². The van der Waals surface area contributed by atoms with Gasteiger partial charge in [-0.05, 0) is 60.2 Å². The zero-order valence-electron chi connectivity index (χ0n) is 20.3. The summed E-state index contributed by atoms with van der Waals surface area (Å²) in [4.78, 5) is 17.9. The minimum absolute atomic E-state index is 0.108. The molecule has 0 atom stereocenters. The van der Waals surface area contributed by atoms with E-state index in [0.717, 1.165) is 34.6 Å². The average molecular weight is 476 g/mol. The summed E-state index contributed by atoms with van der Waals surface area (Å²) in [7, 11) is 0. The van der Waals surface area contributed by atoms with Crippen LogP contribution >= 0.6 is 0 Å². The SMILES string of the molecule is O=C(NC1=Nc2ccccc2C1)c1ccc2c(C3CCCCC3)c3n(c2c1)CCOc1ccccc1-3. The predicted octanol–water partition coefficient (Wildman–Crippen LogP) is 6.76. The first-order chi connectivity index (χ1) is 17.8. The van der Waals surface area contributed by atoms with E-state index in [1.807, 2.05) is 30.3 Å². The van der Waals surface area contributed by atoms with Gasteiger partial charge in [-0.15, -0.1) is 0 Å². The summed E-state index contributed by atoms with van der Waals surface area (Å²) >= 11 is 0. The molecule has 1 saturated carbocycles. The molecule has 3 aliphatic rings. The molecule has 0 spiro atoms. The zero-order chi connectivity index (χ0) is 24.1. The molecule has 2 aliphatic heterocycles. The number of carbonyl (C=O) groups is 1. The fourth-order valence-corrected chi connectivity index (χ4v) is 6.29. The van der Waals surface area contributed by atoms with Crippen molar-refractivity contribution >= 4 is 28.3 Å². The van der Waals surface area contributed by atoms with E-state index in [0.29, 0.717) is 30.3 Å². The lowest BCUT2D eigenvalue weighted by molar-refractivity contribution is 0.0976. The highest BCUT2D eigenvalue weighted by atomic mass is 16.5. The van der Waals surface area contributed by atoms with Crippen LogP contribution in [0.3, 0.4) is 0 Å². The van der Waals surface area contributed by atoms with Crippen LogP contribution < -0.4 is 10.1 Å². The Morgan fingerprint density at radius 3 is 2.69 bits per heavy atom. The Morgan fingerprint density at radius 1 is 0.972 bits per heavy atom. The Hall–Kier alpha value is -3.86. The van der Waals surface area contributed by atoms with Crippen LogP contribution in [0.5, 0.6) is 5.75 Å². The van der Waals surface area contributed by atoms with Crippen LogP contribution in [0.15, 0.2) is 71.7 Å². The Morgan fingerprint density at radius 2 is 1.81 bits per heavy atom. The molecule has 4 aromatic rings. The minimum Gasteiger partial charge on any atom is -0.491 e. The third-order valence-electron chi connectivity index (χ3n) is 7.96. The minimum atomic E-state index is -0.108. The van der Waals surface area contributed by atoms with Crippen molar-refractivity contribution in [3.8, 4) is 17.0 Å². The molecule has 3 aromatic carbocycles. The molecular formula is C31H29N3O2. The van der Waals surface area contributed by atoms with Gasteiger partial charge >= 0.3 is 0 Å². The molecule has 180 valence electrons. The second kappa shape index (κ2) is 8.66. The Bertz CT molecular complexity index is 1520. The van der Waals surface area contributed by atoms with Crippen LogP contribution in [-0.4, -0.2) is 22.9 Å². The Balaban J connectivity index is 1.32. The van der Waals surface area contributed by atoms with Gasteiger partial charge in [-0.25, -0.2) is 4.99 Å². The molecule has 36 heavy (non-hydrogen) atoms. The fourth-order valence-electron chi connectivity index (χ4n) is 6.29. The number of amides is 1. The summed E-state index contributed by atoms with van der Waals surface area (Å²) in [6, 6.07) is 22.7. The van der Waals surface area contributed by atoms with Gasteiger partial charge in [-0.2, -0.15) is 0 Å². The highest BCUT2D eigenvalue weighted by molar-refractivity contribution is 6.10. The molecule has 1 fully saturated rings. The number of aromatic nitrogens is 1. The molecule has 5 nitrogen and oxygen atoms in total. The number of hydrogen-bond donors (Lipinski definition) is 1. The summed E-state index contributed by atoms with van der Waals surface area (Å²) < 4.78 is 8.56. The van der Waals surface area contributed by atoms with Crippen LogP contribution in [0.25, 0.3) is 22.2 Å². The van der Waals surface area contributed by atoms with Crippen molar-refractivity contribution in [1.29, 1.82) is 0 Å². The van der Waals surface area contributed by atoms with Crippen molar-refractivity contribution in [2.24, 2.45) is 4.99 Å². The van der Waals surface area contributed by atoms with E-state index in [2.05, 4.69) is 51.3 Å². The van der Waals surface area contributed by atoms with Crippen LogP contribution in [0.4, 0.5) is 5.69 Å². The third-order valence-corrected chi connectivity index (χ3v) is 7.96. The van der Waals surface area contributed by atoms with Gasteiger partial charge in [0, 0.05) is 28.5 Å². The van der Waals surface area contributed by atoms with Crippen molar-refractivity contribution in [3.63, 3.8) is 0 Å². The number of nitrogens with zero attached hydrogens (tertiary/aromatic N) is 2. The molecule has 1 aromatic heterocycles. The summed E-state index contributed by atoms with van der Waals surface area (Å²) in [6.45, 7) is 1.38. The van der Waals surface area contributed by atoms with Gasteiger partial charge in [0.15, 0.2) is 0 Å². The first kappa shape index (κ1) is 21.4. The highest BCUT2D eigenvalue weighted by Crippen LogP contribution is 2.47. The highest BCUT2D eigenvalue weighted by Gasteiger charge is 2.29. The largest absolute Gasteiger partial charge is 0.491 e. The first-order valence-electron chi connectivity index (χ1n) is 13.1. The smallest absolute Gasteiger partial charge is 0.256 e. The Kier molecular flexibility index (Phi) is 5.16. The molecule has 3 heterocycles. The summed E-state index contributed by atoms with van der Waals surface area (Å²) in [5, 5.41) is 4.34. The molecule has 5 heteroatoms. The van der Waals surface area contributed by atoms with E-state index >= 15 is 0 Å². The lowest BCUT2D eigenvalue weighted by Gasteiger charge is -2.23. The van der Waals surface area contributed by atoms with Crippen molar-refractivity contribution in [3.05, 3.63) is 83.4 Å². The maximum Gasteiger partial charge on any atom is 0.256 e. The summed E-state index contributed by atoms with van der Waals surface area (Å²) in [5.41, 5.74) is 7.75. The molecule has 0 saturated heterocycles. The number of benzene rings is 3. The zero-order valence-corrected chi connectivity index (χ0v) is 20.3. The van der Waals surface area contributed by atoms with Crippen LogP contribution in [0, 0.1) is 0 Å². The normalized spacial score (nSPS) is 16.9. The molecule has 0 unspecified atom stereocenters. The lowest BCUT2D eigenvalue weighted by atomic mass is 9.81. The second-order valence-corrected chi connectivity index (χ2v) is 10.1. The summed E-state index contributed by atoms with van der Waals surface area (Å²) in [5.74, 6) is 2.09. The van der Waals surface area contributed by atoms with Crippen LogP contribution in [0.1, 0.15) is 59.5 Å². The molecule has 0 radical (unpaired) electrons. The maximum absolute atomic E-state index is 13.3. The Labute approximate surface area is 210 Å². The van der Waals surface area contributed by atoms with E-state index in [1.165, 1.54) is 48.7 Å². The number of hydrogen-bond acceptors (Lipinski definition) is 3. The number of nitrogens with one attached hydrogen (secondary N) is 1. The lowest BCUT2D eigenvalue weighted by Crippen LogP contribution is -2.30. The van der Waals surface area contributed by atoms with E-state index in [9.17, 15) is 4.79 Å². The number of aliphatic imine (C=N–C) groups is 1. The van der Waals surface area contributed by atoms with Gasteiger partial charge in [0.1, 0.15) is 18.2 Å². The number of para-hydroxylation sites is 2.